The zero-order valence-corrected chi connectivity index (χ0v) is 12.2. The summed E-state index contributed by atoms with van der Waals surface area (Å²) < 4.78 is 0. The van der Waals surface area contributed by atoms with Gasteiger partial charge in [-0.15, -0.1) is 0 Å². The molecule has 0 bridgehead atoms. The van der Waals surface area contributed by atoms with Gasteiger partial charge in [0.2, 0.25) is 0 Å². The van der Waals surface area contributed by atoms with E-state index in [0.29, 0.717) is 0 Å². The molecule has 0 heterocycles. The van der Waals surface area contributed by atoms with Crippen LogP contribution in [0.3, 0.4) is 0 Å². The van der Waals surface area contributed by atoms with Crippen LogP contribution in [-0.4, -0.2) is 5.11 Å². The van der Waals surface area contributed by atoms with Gasteiger partial charge in [0.05, 0.1) is 0 Å². The van der Waals surface area contributed by atoms with Crippen LogP contribution < -0.4 is 0 Å². The van der Waals surface area contributed by atoms with Crippen LogP contribution in [0.4, 0.5) is 0 Å². The third-order valence-corrected chi connectivity index (χ3v) is 3.81. The molecule has 1 unspecified atom stereocenters. The Morgan fingerprint density at radius 1 is 1.05 bits per heavy atom. The number of hydrogen-bond donors (Lipinski definition) is 1. The van der Waals surface area contributed by atoms with Crippen LogP contribution in [0.2, 0.25) is 0 Å². The van der Waals surface area contributed by atoms with Gasteiger partial charge in [-0.1, -0.05) is 55.0 Å². The van der Waals surface area contributed by atoms with Crippen LogP contribution in [-0.2, 0) is 12.0 Å². The molecule has 0 aliphatic heterocycles. The van der Waals surface area contributed by atoms with Gasteiger partial charge in [0.15, 0.2) is 0 Å². The molecule has 0 radical (unpaired) electrons. The van der Waals surface area contributed by atoms with Crippen molar-refractivity contribution in [3.05, 3.63) is 70.3 Å². The fourth-order valence-electron chi connectivity index (χ4n) is 2.51. The van der Waals surface area contributed by atoms with Gasteiger partial charge in [0.25, 0.3) is 0 Å². The lowest BCUT2D eigenvalue weighted by Gasteiger charge is -2.27. The molecule has 0 aliphatic rings. The first-order valence-corrected chi connectivity index (χ1v) is 6.84. The minimum Gasteiger partial charge on any atom is -0.381 e. The van der Waals surface area contributed by atoms with Gasteiger partial charge < -0.3 is 5.11 Å². The number of hydrogen-bond acceptors (Lipinski definition) is 1. The average molecular weight is 254 g/mol. The van der Waals surface area contributed by atoms with Crippen molar-refractivity contribution in [1.82, 2.24) is 0 Å². The van der Waals surface area contributed by atoms with Crippen molar-refractivity contribution in [1.29, 1.82) is 0 Å². The predicted molar refractivity (Wildman–Crippen MR) is 80.4 cm³/mol. The highest BCUT2D eigenvalue weighted by Crippen LogP contribution is 2.32. The summed E-state index contributed by atoms with van der Waals surface area (Å²) in [5.41, 5.74) is 4.55. The molecule has 0 fully saturated rings. The van der Waals surface area contributed by atoms with Crippen LogP contribution in [0.15, 0.2) is 42.5 Å². The van der Waals surface area contributed by atoms with E-state index in [4.69, 9.17) is 0 Å². The fourth-order valence-corrected chi connectivity index (χ4v) is 2.51. The molecule has 0 spiro atoms. The second-order valence-corrected chi connectivity index (χ2v) is 5.44. The minimum atomic E-state index is -0.943. The van der Waals surface area contributed by atoms with Crippen LogP contribution in [0, 0.1) is 13.8 Å². The molecule has 1 nitrogen and oxygen atoms in total. The molecule has 1 N–H and O–H groups in total. The van der Waals surface area contributed by atoms with E-state index in [1.807, 2.05) is 26.0 Å². The van der Waals surface area contributed by atoms with Gasteiger partial charge in [-0.25, -0.2) is 0 Å². The highest BCUT2D eigenvalue weighted by molar-refractivity contribution is 5.42. The van der Waals surface area contributed by atoms with Crippen LogP contribution in [0.5, 0.6) is 0 Å². The van der Waals surface area contributed by atoms with Gasteiger partial charge >= 0.3 is 0 Å². The van der Waals surface area contributed by atoms with E-state index < -0.39 is 5.60 Å². The molecule has 1 atom stereocenters. The number of aliphatic hydroxyl groups is 1. The Bertz CT molecular complexity index is 582. The first kappa shape index (κ1) is 13.8. The van der Waals surface area contributed by atoms with Crippen molar-refractivity contribution in [3.8, 4) is 0 Å². The second kappa shape index (κ2) is 5.18. The number of benzene rings is 2. The van der Waals surface area contributed by atoms with Crippen molar-refractivity contribution in [2.24, 2.45) is 0 Å². The Kier molecular flexibility index (Phi) is 3.77. The van der Waals surface area contributed by atoms with Gasteiger partial charge in [-0.05, 0) is 49.4 Å². The molecule has 1 heteroatoms. The van der Waals surface area contributed by atoms with Crippen molar-refractivity contribution in [2.75, 3.05) is 0 Å². The summed E-state index contributed by atoms with van der Waals surface area (Å²) in [4.78, 5) is 0. The van der Waals surface area contributed by atoms with E-state index in [1.165, 1.54) is 11.1 Å². The summed E-state index contributed by atoms with van der Waals surface area (Å²) in [5, 5.41) is 11.0. The third-order valence-electron chi connectivity index (χ3n) is 3.81. The maximum Gasteiger partial charge on any atom is 0.112 e. The molecule has 0 aromatic heterocycles. The van der Waals surface area contributed by atoms with Crippen LogP contribution >= 0.6 is 0 Å². The number of aryl methyl sites for hydroxylation is 3. The van der Waals surface area contributed by atoms with Crippen molar-refractivity contribution in [3.63, 3.8) is 0 Å². The monoisotopic (exact) mass is 254 g/mol. The lowest BCUT2D eigenvalue weighted by Crippen LogP contribution is -2.24. The quantitative estimate of drug-likeness (QED) is 0.873. The molecule has 19 heavy (non-hydrogen) atoms. The zero-order valence-electron chi connectivity index (χ0n) is 12.2. The van der Waals surface area contributed by atoms with E-state index in [0.717, 1.165) is 23.1 Å². The average Bonchev–Trinajstić information content (AvgIpc) is 2.41. The second-order valence-electron chi connectivity index (χ2n) is 5.44. The highest BCUT2D eigenvalue weighted by Gasteiger charge is 2.27. The fraction of sp³-hybridized carbons (Fsp3) is 0.333. The van der Waals surface area contributed by atoms with Crippen molar-refractivity contribution < 1.29 is 5.11 Å². The van der Waals surface area contributed by atoms with Gasteiger partial charge in [-0.2, -0.15) is 0 Å². The van der Waals surface area contributed by atoms with E-state index in [1.54, 1.807) is 0 Å². The summed E-state index contributed by atoms with van der Waals surface area (Å²) in [5.74, 6) is 0. The topological polar surface area (TPSA) is 20.2 Å². The largest absolute Gasteiger partial charge is 0.381 e. The lowest BCUT2D eigenvalue weighted by molar-refractivity contribution is 0.101. The number of rotatable bonds is 3. The Morgan fingerprint density at radius 2 is 1.79 bits per heavy atom. The molecule has 0 saturated heterocycles. The smallest absolute Gasteiger partial charge is 0.112 e. The molecular formula is C18H22O. The Balaban J connectivity index is 2.54. The van der Waals surface area contributed by atoms with Crippen LogP contribution in [0.25, 0.3) is 0 Å². The Morgan fingerprint density at radius 3 is 2.47 bits per heavy atom. The summed E-state index contributed by atoms with van der Waals surface area (Å²) in [6.07, 6.45) is 0.983. The molecule has 2 rings (SSSR count). The molecule has 100 valence electrons. The van der Waals surface area contributed by atoms with Crippen molar-refractivity contribution >= 4 is 0 Å². The predicted octanol–water partition coefficient (Wildman–Crippen LogP) is 4.12. The maximum absolute atomic E-state index is 11.0. The van der Waals surface area contributed by atoms with Crippen LogP contribution in [0.1, 0.15) is 41.7 Å². The maximum atomic E-state index is 11.0. The summed E-state index contributed by atoms with van der Waals surface area (Å²) in [7, 11) is 0. The zero-order chi connectivity index (χ0) is 14.0. The van der Waals surface area contributed by atoms with Gasteiger partial charge in [0.1, 0.15) is 5.60 Å². The Labute approximate surface area is 115 Å². The molecule has 0 amide bonds. The SMILES string of the molecule is CCc1cccc(C(C)(O)c2cc(C)ccc2C)c1. The summed E-state index contributed by atoms with van der Waals surface area (Å²) >= 11 is 0. The molecule has 2 aromatic carbocycles. The molecule has 0 saturated carbocycles. The minimum absolute atomic E-state index is 0.943. The first-order chi connectivity index (χ1) is 8.95. The normalized spacial score (nSPS) is 14.2. The van der Waals surface area contributed by atoms with Gasteiger partial charge in [0, 0.05) is 0 Å². The summed E-state index contributed by atoms with van der Waals surface area (Å²) in [6, 6.07) is 14.5. The first-order valence-electron chi connectivity index (χ1n) is 6.84. The molecule has 2 aromatic rings. The lowest BCUT2D eigenvalue weighted by atomic mass is 9.84. The van der Waals surface area contributed by atoms with Gasteiger partial charge in [-0.3, -0.25) is 0 Å². The van der Waals surface area contributed by atoms with E-state index in [9.17, 15) is 5.11 Å². The highest BCUT2D eigenvalue weighted by atomic mass is 16.3. The molecular weight excluding hydrogens is 232 g/mol. The standard InChI is InChI=1S/C18H22O/c1-5-15-7-6-8-16(12-15)18(4,19)17-11-13(2)9-10-14(17)3/h6-12,19H,5H2,1-4H3. The Hall–Kier alpha value is -1.60. The van der Waals surface area contributed by atoms with E-state index in [-0.39, 0.29) is 0 Å². The molecule has 0 aliphatic carbocycles. The third kappa shape index (κ3) is 2.71. The van der Waals surface area contributed by atoms with E-state index in [2.05, 4.69) is 44.2 Å². The van der Waals surface area contributed by atoms with Crippen molar-refractivity contribution in [2.45, 2.75) is 39.7 Å². The summed E-state index contributed by atoms with van der Waals surface area (Å²) in [6.45, 7) is 8.11. The van der Waals surface area contributed by atoms with E-state index >= 15 is 0 Å².